The van der Waals surface area contributed by atoms with Crippen molar-refractivity contribution in [3.05, 3.63) is 23.8 Å². The molecule has 1 spiro atoms. The maximum atomic E-state index is 12.5. The third kappa shape index (κ3) is 3.34. The Labute approximate surface area is 169 Å². The first-order valence-corrected chi connectivity index (χ1v) is 9.91. The third-order valence-corrected chi connectivity index (χ3v) is 5.83. The van der Waals surface area contributed by atoms with Crippen molar-refractivity contribution in [2.45, 2.75) is 45.3 Å². The van der Waals surface area contributed by atoms with E-state index in [0.717, 1.165) is 42.9 Å². The Morgan fingerprint density at radius 3 is 2.62 bits per heavy atom. The van der Waals surface area contributed by atoms with Gasteiger partial charge in [0.2, 0.25) is 5.82 Å². The lowest BCUT2D eigenvalue weighted by molar-refractivity contribution is -0.132. The van der Waals surface area contributed by atoms with Crippen LogP contribution in [0.1, 0.15) is 38.2 Å². The maximum Gasteiger partial charge on any atom is 0.324 e. The monoisotopic (exact) mass is 395 g/mol. The van der Waals surface area contributed by atoms with Crippen LogP contribution in [0.15, 0.2) is 12.3 Å². The Bertz CT molecular complexity index is 1010. The first kappa shape index (κ1) is 19.3. The number of piperidine rings is 1. The van der Waals surface area contributed by atoms with Crippen LogP contribution in [0, 0.1) is 17.2 Å². The number of amides is 3. The lowest BCUT2D eigenvalue weighted by Gasteiger charge is -2.37. The summed E-state index contributed by atoms with van der Waals surface area (Å²) in [5.74, 6) is 0.471. The number of carbonyl (C=O) groups excluding carboxylic acids is 2. The molecule has 2 saturated heterocycles. The van der Waals surface area contributed by atoms with Gasteiger partial charge in [-0.25, -0.2) is 14.8 Å². The number of hydrogen-bond acceptors (Lipinski definition) is 6. The average molecular weight is 395 g/mol. The van der Waals surface area contributed by atoms with E-state index in [2.05, 4.69) is 44.7 Å². The molecule has 4 rings (SSSR count). The van der Waals surface area contributed by atoms with E-state index >= 15 is 0 Å². The van der Waals surface area contributed by atoms with E-state index in [1.807, 2.05) is 6.07 Å². The minimum absolute atomic E-state index is 0.129. The number of aromatic nitrogens is 3. The van der Waals surface area contributed by atoms with Crippen molar-refractivity contribution in [1.82, 2.24) is 29.7 Å². The van der Waals surface area contributed by atoms with Crippen molar-refractivity contribution in [3.8, 4) is 6.07 Å². The number of urea groups is 1. The molecule has 152 valence electrons. The van der Waals surface area contributed by atoms with Crippen LogP contribution in [0.4, 0.5) is 4.79 Å². The number of nitrogens with one attached hydrogen (secondary N) is 1. The van der Waals surface area contributed by atoms with Gasteiger partial charge in [0.1, 0.15) is 17.3 Å². The Hall–Kier alpha value is -2.99. The van der Waals surface area contributed by atoms with Gasteiger partial charge < -0.3 is 9.88 Å². The molecule has 9 nitrogen and oxygen atoms in total. The van der Waals surface area contributed by atoms with Gasteiger partial charge in [-0.1, -0.05) is 13.8 Å². The highest BCUT2D eigenvalue weighted by Crippen LogP contribution is 2.30. The molecule has 2 aliphatic heterocycles. The third-order valence-electron chi connectivity index (χ3n) is 5.83. The van der Waals surface area contributed by atoms with Crippen molar-refractivity contribution in [3.63, 3.8) is 0 Å². The molecule has 0 atom stereocenters. The zero-order valence-electron chi connectivity index (χ0n) is 17.0. The molecule has 4 heterocycles. The number of likely N-dealkylation sites (tertiary alicyclic amines) is 1. The molecule has 0 aliphatic carbocycles. The predicted octanol–water partition coefficient (Wildman–Crippen LogP) is 1.48. The van der Waals surface area contributed by atoms with Gasteiger partial charge in [-0.05, 0) is 24.8 Å². The fourth-order valence-electron chi connectivity index (χ4n) is 4.26. The predicted molar refractivity (Wildman–Crippen MR) is 106 cm³/mol. The maximum absolute atomic E-state index is 12.5. The van der Waals surface area contributed by atoms with Gasteiger partial charge in [-0.3, -0.25) is 14.6 Å². The molecule has 0 saturated carbocycles. The van der Waals surface area contributed by atoms with Crippen LogP contribution in [-0.2, 0) is 17.9 Å². The summed E-state index contributed by atoms with van der Waals surface area (Å²) in [4.78, 5) is 36.4. The number of imide groups is 1. The molecule has 2 aromatic rings. The molecule has 2 aromatic heterocycles. The highest BCUT2D eigenvalue weighted by atomic mass is 16.2. The molecular weight excluding hydrogens is 370 g/mol. The SMILES string of the molecule is CC(C)Cn1c(CN2CCC3(CC2)NC(=O)N(C)C3=O)cc2cnc(C#N)nc21. The highest BCUT2D eigenvalue weighted by molar-refractivity contribution is 6.06. The number of likely N-dealkylation sites (N-methyl/N-ethyl adjacent to an activating group) is 1. The summed E-state index contributed by atoms with van der Waals surface area (Å²) in [5, 5.41) is 12.9. The van der Waals surface area contributed by atoms with Crippen molar-refractivity contribution in [2.75, 3.05) is 20.1 Å². The Kier molecular flexibility index (Phi) is 4.74. The van der Waals surface area contributed by atoms with E-state index in [4.69, 9.17) is 5.26 Å². The van der Waals surface area contributed by atoms with E-state index < -0.39 is 5.54 Å². The number of nitrogens with zero attached hydrogens (tertiary/aromatic N) is 6. The minimum Gasteiger partial charge on any atom is -0.328 e. The molecular formula is C20H25N7O2. The molecule has 2 fully saturated rings. The number of nitriles is 1. The van der Waals surface area contributed by atoms with Crippen LogP contribution in [0.2, 0.25) is 0 Å². The number of hydrogen-bond donors (Lipinski definition) is 1. The molecule has 3 amide bonds. The molecule has 0 radical (unpaired) electrons. The molecule has 0 bridgehead atoms. The lowest BCUT2D eigenvalue weighted by atomic mass is 9.87. The Morgan fingerprint density at radius 1 is 1.31 bits per heavy atom. The van der Waals surface area contributed by atoms with Crippen LogP contribution in [0.3, 0.4) is 0 Å². The fraction of sp³-hybridized carbons (Fsp3) is 0.550. The summed E-state index contributed by atoms with van der Waals surface area (Å²) >= 11 is 0. The van der Waals surface area contributed by atoms with E-state index in [-0.39, 0.29) is 17.8 Å². The molecule has 9 heteroatoms. The standard InChI is InChI=1S/C20H25N7O2/c1-13(2)11-27-15(8-14-10-22-16(9-21)23-17(14)27)12-26-6-4-20(5-7-26)18(28)25(3)19(29)24-20/h8,10,13H,4-7,11-12H2,1-3H3,(H,24,29). The van der Waals surface area contributed by atoms with Gasteiger partial charge in [0, 0.05) is 50.5 Å². The van der Waals surface area contributed by atoms with Crippen LogP contribution in [0.25, 0.3) is 11.0 Å². The first-order chi connectivity index (χ1) is 13.8. The highest BCUT2D eigenvalue weighted by Gasteiger charge is 2.50. The smallest absolute Gasteiger partial charge is 0.324 e. The van der Waals surface area contributed by atoms with Gasteiger partial charge in [0.05, 0.1) is 0 Å². The summed E-state index contributed by atoms with van der Waals surface area (Å²) in [6, 6.07) is 3.78. The van der Waals surface area contributed by atoms with Gasteiger partial charge >= 0.3 is 6.03 Å². The van der Waals surface area contributed by atoms with Crippen LogP contribution in [-0.4, -0.2) is 61.9 Å². The fourth-order valence-corrected chi connectivity index (χ4v) is 4.26. The van der Waals surface area contributed by atoms with Crippen LogP contribution in [0.5, 0.6) is 0 Å². The normalized spacial score (nSPS) is 19.3. The molecule has 2 aliphatic rings. The van der Waals surface area contributed by atoms with E-state index in [1.54, 1.807) is 6.20 Å². The number of carbonyl (C=O) groups is 2. The van der Waals surface area contributed by atoms with Crippen LogP contribution < -0.4 is 5.32 Å². The van der Waals surface area contributed by atoms with Crippen molar-refractivity contribution in [1.29, 1.82) is 5.26 Å². The number of fused-ring (bicyclic) bond motifs is 1. The minimum atomic E-state index is -0.750. The molecule has 0 unspecified atom stereocenters. The summed E-state index contributed by atoms with van der Waals surface area (Å²) in [7, 11) is 1.53. The van der Waals surface area contributed by atoms with Crippen molar-refractivity contribution in [2.24, 2.45) is 5.92 Å². The van der Waals surface area contributed by atoms with Gasteiger partial charge in [-0.2, -0.15) is 5.26 Å². The quantitative estimate of drug-likeness (QED) is 0.786. The van der Waals surface area contributed by atoms with E-state index in [9.17, 15) is 9.59 Å². The largest absolute Gasteiger partial charge is 0.328 e. The first-order valence-electron chi connectivity index (χ1n) is 9.91. The Balaban J connectivity index is 1.55. The summed E-state index contributed by atoms with van der Waals surface area (Å²) < 4.78 is 2.17. The zero-order valence-corrected chi connectivity index (χ0v) is 17.0. The molecule has 29 heavy (non-hydrogen) atoms. The van der Waals surface area contributed by atoms with Gasteiger partial charge in [0.15, 0.2) is 0 Å². The lowest BCUT2D eigenvalue weighted by Crippen LogP contribution is -2.54. The zero-order chi connectivity index (χ0) is 20.8. The second kappa shape index (κ2) is 7.12. The van der Waals surface area contributed by atoms with Gasteiger partial charge in [-0.15, -0.1) is 0 Å². The van der Waals surface area contributed by atoms with Gasteiger partial charge in [0.25, 0.3) is 5.91 Å². The van der Waals surface area contributed by atoms with Crippen molar-refractivity contribution < 1.29 is 9.59 Å². The topological polar surface area (TPSA) is 107 Å². The summed E-state index contributed by atoms with van der Waals surface area (Å²) in [5.41, 5.74) is 1.15. The van der Waals surface area contributed by atoms with E-state index in [0.29, 0.717) is 18.8 Å². The Morgan fingerprint density at radius 2 is 2.03 bits per heavy atom. The second-order valence-corrected chi connectivity index (χ2v) is 8.38. The summed E-state index contributed by atoms with van der Waals surface area (Å²) in [6.07, 6.45) is 2.91. The molecule has 0 aromatic carbocycles. The number of rotatable bonds is 4. The molecule has 1 N–H and O–H groups in total. The van der Waals surface area contributed by atoms with Crippen LogP contribution >= 0.6 is 0 Å². The average Bonchev–Trinajstić information content (AvgIpc) is 3.13. The summed E-state index contributed by atoms with van der Waals surface area (Å²) in [6.45, 7) is 7.27. The van der Waals surface area contributed by atoms with Crippen molar-refractivity contribution >= 4 is 23.0 Å². The second-order valence-electron chi connectivity index (χ2n) is 8.38. The van der Waals surface area contributed by atoms with E-state index in [1.165, 1.54) is 11.9 Å².